The Morgan fingerprint density at radius 3 is 2.52 bits per heavy atom. The number of aliphatic hydroxyl groups excluding tert-OH is 1. The van der Waals surface area contributed by atoms with Crippen molar-refractivity contribution in [2.45, 2.75) is 50.2 Å². The van der Waals surface area contributed by atoms with Crippen LogP contribution in [0.5, 0.6) is 11.6 Å². The van der Waals surface area contributed by atoms with Crippen molar-refractivity contribution in [1.29, 1.82) is 5.26 Å². The summed E-state index contributed by atoms with van der Waals surface area (Å²) in [7, 11) is 3.75. The molecule has 2 aliphatic rings. The van der Waals surface area contributed by atoms with Crippen molar-refractivity contribution in [3.8, 4) is 29.0 Å². The Hall–Kier alpha value is -4.41. The van der Waals surface area contributed by atoms with Gasteiger partial charge in [0.05, 0.1) is 18.4 Å². The molecule has 2 fully saturated rings. The number of anilines is 2. The highest BCUT2D eigenvalue weighted by Gasteiger charge is 2.33. The standard InChI is InChI=1S/C31H35F2N7O4/c1-39-13-8-19(9-14-39)23-4-6-26(37-29(23)43-2)38-31-35-12-7-24(36-31)20-3-5-25(21(17-20)18-34)44-22-10-15-40(16-11-22)30(42)27(41)28(32)33/h3-7,12,17,19,22,27-28,41H,8-11,13-16H2,1-2H3,(H,35,36,37,38)/t27-/m1/s1. The van der Waals surface area contributed by atoms with E-state index in [4.69, 9.17) is 9.47 Å². The first kappa shape index (κ1) is 31.0. The number of hydrogen-bond donors (Lipinski definition) is 2. The summed E-state index contributed by atoms with van der Waals surface area (Å²) in [5.41, 5.74) is 2.67. The molecule has 4 heterocycles. The third kappa shape index (κ3) is 7.20. The van der Waals surface area contributed by atoms with Crippen LogP contribution in [-0.2, 0) is 4.79 Å². The van der Waals surface area contributed by atoms with Crippen LogP contribution in [0.4, 0.5) is 20.5 Å². The van der Waals surface area contributed by atoms with E-state index < -0.39 is 18.4 Å². The van der Waals surface area contributed by atoms with Crippen LogP contribution in [0.25, 0.3) is 11.3 Å². The maximum atomic E-state index is 12.7. The van der Waals surface area contributed by atoms with E-state index in [1.807, 2.05) is 12.1 Å². The SMILES string of the molecule is COc1nc(Nc2nccc(-c3ccc(OC4CCN(C(=O)[C@H](O)C(F)F)CC4)c(C#N)c3)n2)ccc1C1CCN(C)CC1. The zero-order valence-corrected chi connectivity index (χ0v) is 24.6. The van der Waals surface area contributed by atoms with Crippen molar-refractivity contribution in [3.63, 3.8) is 0 Å². The second kappa shape index (κ2) is 13.9. The van der Waals surface area contributed by atoms with Gasteiger partial charge >= 0.3 is 0 Å². The number of piperidine rings is 2. The normalized spacial score (nSPS) is 17.2. The number of amides is 1. The van der Waals surface area contributed by atoms with Crippen molar-refractivity contribution in [2.24, 2.45) is 0 Å². The zero-order valence-electron chi connectivity index (χ0n) is 24.6. The highest BCUT2D eigenvalue weighted by Crippen LogP contribution is 2.34. The molecule has 0 saturated carbocycles. The predicted octanol–water partition coefficient (Wildman–Crippen LogP) is 3.97. The number of benzene rings is 1. The molecule has 232 valence electrons. The van der Waals surface area contributed by atoms with Gasteiger partial charge in [-0.2, -0.15) is 10.2 Å². The first-order valence-corrected chi connectivity index (χ1v) is 14.6. The maximum Gasteiger partial charge on any atom is 0.273 e. The third-order valence-corrected chi connectivity index (χ3v) is 8.07. The van der Waals surface area contributed by atoms with Gasteiger partial charge in [-0.05, 0) is 75.3 Å². The quantitative estimate of drug-likeness (QED) is 0.368. The van der Waals surface area contributed by atoms with E-state index in [1.165, 1.54) is 4.90 Å². The highest BCUT2D eigenvalue weighted by molar-refractivity contribution is 5.81. The van der Waals surface area contributed by atoms with Crippen LogP contribution in [0.15, 0.2) is 42.6 Å². The van der Waals surface area contributed by atoms with E-state index in [2.05, 4.69) is 38.3 Å². The molecule has 5 rings (SSSR count). The first-order valence-electron chi connectivity index (χ1n) is 14.6. The number of aliphatic hydroxyl groups is 1. The average molecular weight is 608 g/mol. The fourth-order valence-corrected chi connectivity index (χ4v) is 5.56. The molecule has 2 aromatic heterocycles. The number of likely N-dealkylation sites (tertiary alicyclic amines) is 2. The number of alkyl halides is 2. The van der Waals surface area contributed by atoms with Crippen molar-refractivity contribution < 1.29 is 28.2 Å². The minimum Gasteiger partial charge on any atom is -0.489 e. The molecule has 0 bridgehead atoms. The monoisotopic (exact) mass is 607 g/mol. The second-order valence-corrected chi connectivity index (χ2v) is 11.0. The molecular weight excluding hydrogens is 572 g/mol. The van der Waals surface area contributed by atoms with Crippen molar-refractivity contribution in [1.82, 2.24) is 24.8 Å². The Morgan fingerprint density at radius 1 is 1.09 bits per heavy atom. The van der Waals surface area contributed by atoms with Gasteiger partial charge in [0.2, 0.25) is 11.8 Å². The summed E-state index contributed by atoms with van der Waals surface area (Å²) >= 11 is 0. The van der Waals surface area contributed by atoms with E-state index in [1.54, 1.807) is 37.6 Å². The van der Waals surface area contributed by atoms with Gasteiger partial charge < -0.3 is 29.7 Å². The maximum absolute atomic E-state index is 12.7. The van der Waals surface area contributed by atoms with Gasteiger partial charge in [0.15, 0.2) is 6.10 Å². The number of ether oxygens (including phenoxy) is 2. The lowest BCUT2D eigenvalue weighted by Crippen LogP contribution is -2.47. The molecule has 13 heteroatoms. The third-order valence-electron chi connectivity index (χ3n) is 8.07. The minimum atomic E-state index is -3.13. The number of aromatic nitrogens is 3. The Labute approximate surface area is 254 Å². The van der Waals surface area contributed by atoms with Gasteiger partial charge in [0, 0.05) is 43.3 Å². The van der Waals surface area contributed by atoms with Crippen LogP contribution in [-0.4, -0.2) is 94.7 Å². The van der Waals surface area contributed by atoms with Gasteiger partial charge in [0.25, 0.3) is 12.3 Å². The molecule has 1 amide bonds. The van der Waals surface area contributed by atoms with Crippen LogP contribution in [0.2, 0.25) is 0 Å². The van der Waals surface area contributed by atoms with E-state index in [9.17, 15) is 23.9 Å². The molecule has 0 unspecified atom stereocenters. The zero-order chi connectivity index (χ0) is 31.2. The number of nitriles is 1. The van der Waals surface area contributed by atoms with E-state index in [0.29, 0.717) is 59.0 Å². The van der Waals surface area contributed by atoms with Gasteiger partial charge in [0.1, 0.15) is 23.7 Å². The smallest absolute Gasteiger partial charge is 0.273 e. The summed E-state index contributed by atoms with van der Waals surface area (Å²) in [5.74, 6) is 1.25. The van der Waals surface area contributed by atoms with Gasteiger partial charge in [-0.15, -0.1) is 0 Å². The fourth-order valence-electron chi connectivity index (χ4n) is 5.56. The molecule has 2 aliphatic heterocycles. The molecule has 1 aromatic carbocycles. The summed E-state index contributed by atoms with van der Waals surface area (Å²) in [6, 6.07) is 13.0. The van der Waals surface area contributed by atoms with Gasteiger partial charge in [-0.3, -0.25) is 4.79 Å². The topological polar surface area (TPSA) is 137 Å². The lowest BCUT2D eigenvalue weighted by Gasteiger charge is -2.33. The summed E-state index contributed by atoms with van der Waals surface area (Å²) < 4.78 is 37.1. The summed E-state index contributed by atoms with van der Waals surface area (Å²) in [6.45, 7) is 2.42. The van der Waals surface area contributed by atoms with Crippen LogP contribution in [0.1, 0.15) is 42.7 Å². The highest BCUT2D eigenvalue weighted by atomic mass is 19.3. The number of carbonyl (C=O) groups is 1. The molecule has 1 atom stereocenters. The Morgan fingerprint density at radius 2 is 1.84 bits per heavy atom. The van der Waals surface area contributed by atoms with Gasteiger partial charge in [-0.25, -0.2) is 18.7 Å². The van der Waals surface area contributed by atoms with Crippen molar-refractivity contribution >= 4 is 17.7 Å². The Kier molecular flexibility index (Phi) is 9.82. The first-order chi connectivity index (χ1) is 21.2. The molecule has 3 aromatic rings. The summed E-state index contributed by atoms with van der Waals surface area (Å²) in [4.78, 5) is 29.1. The van der Waals surface area contributed by atoms with E-state index in [-0.39, 0.29) is 19.2 Å². The molecule has 0 radical (unpaired) electrons. The largest absolute Gasteiger partial charge is 0.489 e. The number of nitrogens with one attached hydrogen (secondary N) is 1. The number of rotatable bonds is 9. The predicted molar refractivity (Wildman–Crippen MR) is 158 cm³/mol. The summed E-state index contributed by atoms with van der Waals surface area (Å²) in [6.07, 6.45) is -1.28. The lowest BCUT2D eigenvalue weighted by atomic mass is 9.90. The molecule has 2 saturated heterocycles. The van der Waals surface area contributed by atoms with E-state index >= 15 is 0 Å². The van der Waals surface area contributed by atoms with Crippen LogP contribution in [0, 0.1) is 11.3 Å². The average Bonchev–Trinajstić information content (AvgIpc) is 3.05. The number of pyridine rings is 1. The molecule has 44 heavy (non-hydrogen) atoms. The van der Waals surface area contributed by atoms with Crippen molar-refractivity contribution in [2.75, 3.05) is 45.7 Å². The van der Waals surface area contributed by atoms with Crippen LogP contribution < -0.4 is 14.8 Å². The second-order valence-electron chi connectivity index (χ2n) is 11.0. The Bertz CT molecular complexity index is 1500. The molecular formula is C31H35F2N7O4. The number of methoxy groups -OCH3 is 1. The lowest BCUT2D eigenvalue weighted by molar-refractivity contribution is -0.150. The Balaban J connectivity index is 1.24. The van der Waals surface area contributed by atoms with Gasteiger partial charge in [-0.1, -0.05) is 0 Å². The number of nitrogens with zero attached hydrogens (tertiary/aromatic N) is 6. The summed E-state index contributed by atoms with van der Waals surface area (Å²) in [5, 5.41) is 22.4. The van der Waals surface area contributed by atoms with Crippen LogP contribution >= 0.6 is 0 Å². The molecule has 2 N–H and O–H groups in total. The fraction of sp³-hybridized carbons (Fsp3) is 0.452. The molecule has 0 aliphatic carbocycles. The number of halogens is 2. The minimum absolute atomic E-state index is 0.172. The molecule has 11 nitrogen and oxygen atoms in total. The van der Waals surface area contributed by atoms with Crippen LogP contribution in [0.3, 0.4) is 0 Å². The van der Waals surface area contributed by atoms with E-state index in [0.717, 1.165) is 31.5 Å². The molecule has 0 spiro atoms. The number of hydrogen-bond acceptors (Lipinski definition) is 10. The number of carbonyl (C=O) groups excluding carboxylic acids is 1. The van der Waals surface area contributed by atoms with Crippen molar-refractivity contribution in [3.05, 3.63) is 53.7 Å².